The summed E-state index contributed by atoms with van der Waals surface area (Å²) in [6.45, 7) is 7.66. The van der Waals surface area contributed by atoms with Gasteiger partial charge in [-0.05, 0) is 24.6 Å². The van der Waals surface area contributed by atoms with Gasteiger partial charge in [0.2, 0.25) is 0 Å². The maximum absolute atomic E-state index is 10.4. The Balaban J connectivity index is 1.46. The zero-order chi connectivity index (χ0) is 15.4. The number of nitrogens with zero attached hydrogens (tertiary/aromatic N) is 2. The molecular weight excluding hydrogens is 276 g/mol. The van der Waals surface area contributed by atoms with Crippen molar-refractivity contribution in [3.05, 3.63) is 59.5 Å². The summed E-state index contributed by atoms with van der Waals surface area (Å²) < 4.78 is 5.40. The molecule has 0 saturated carbocycles. The van der Waals surface area contributed by atoms with Gasteiger partial charge in [0.05, 0.1) is 18.9 Å². The summed E-state index contributed by atoms with van der Waals surface area (Å²) >= 11 is 0. The lowest BCUT2D eigenvalue weighted by Gasteiger charge is -2.35. The summed E-state index contributed by atoms with van der Waals surface area (Å²) in [5, 5.41) is 10.4. The van der Waals surface area contributed by atoms with E-state index in [-0.39, 0.29) is 0 Å². The highest BCUT2D eigenvalue weighted by molar-refractivity contribution is 5.23. The van der Waals surface area contributed by atoms with Crippen molar-refractivity contribution in [3.63, 3.8) is 0 Å². The van der Waals surface area contributed by atoms with E-state index in [0.717, 1.165) is 44.0 Å². The number of piperazine rings is 1. The predicted octanol–water partition coefficient (Wildman–Crippen LogP) is 2.44. The normalized spacial score (nSPS) is 18.5. The van der Waals surface area contributed by atoms with E-state index < -0.39 is 6.10 Å². The second kappa shape index (κ2) is 7.09. The average Bonchev–Trinajstić information content (AvgIpc) is 3.03. The molecule has 1 aromatic carbocycles. The Labute approximate surface area is 132 Å². The Morgan fingerprint density at radius 3 is 2.36 bits per heavy atom. The van der Waals surface area contributed by atoms with Gasteiger partial charge in [-0.1, -0.05) is 29.8 Å². The van der Waals surface area contributed by atoms with Gasteiger partial charge in [0.15, 0.2) is 0 Å². The fourth-order valence-electron chi connectivity index (χ4n) is 2.89. The fourth-order valence-corrected chi connectivity index (χ4v) is 2.89. The summed E-state index contributed by atoms with van der Waals surface area (Å²) in [5.74, 6) is 1.02. The molecule has 0 aliphatic carbocycles. The van der Waals surface area contributed by atoms with Crippen LogP contribution in [0.2, 0.25) is 0 Å². The molecule has 4 heteroatoms. The maximum atomic E-state index is 10.4. The molecule has 0 amide bonds. The van der Waals surface area contributed by atoms with Crippen molar-refractivity contribution in [1.82, 2.24) is 9.80 Å². The highest BCUT2D eigenvalue weighted by atomic mass is 16.3. The zero-order valence-electron chi connectivity index (χ0n) is 13.1. The molecule has 1 aliphatic rings. The lowest BCUT2D eigenvalue weighted by Crippen LogP contribution is -2.47. The monoisotopic (exact) mass is 300 g/mol. The highest BCUT2D eigenvalue weighted by Crippen LogP contribution is 2.16. The summed E-state index contributed by atoms with van der Waals surface area (Å²) in [6, 6.07) is 12.1. The van der Waals surface area contributed by atoms with Crippen molar-refractivity contribution < 1.29 is 9.52 Å². The molecule has 0 radical (unpaired) electrons. The molecule has 4 nitrogen and oxygen atoms in total. The number of aliphatic hydroxyl groups excluding tert-OH is 1. The molecule has 1 fully saturated rings. The molecular formula is C18H24N2O2. The van der Waals surface area contributed by atoms with Gasteiger partial charge in [-0.3, -0.25) is 9.80 Å². The van der Waals surface area contributed by atoms with Crippen LogP contribution in [0.1, 0.15) is 23.0 Å². The highest BCUT2D eigenvalue weighted by Gasteiger charge is 2.20. The van der Waals surface area contributed by atoms with Crippen LogP contribution in [0, 0.1) is 6.92 Å². The van der Waals surface area contributed by atoms with Crippen LogP contribution < -0.4 is 0 Å². The van der Waals surface area contributed by atoms with Crippen molar-refractivity contribution in [2.24, 2.45) is 0 Å². The quantitative estimate of drug-likeness (QED) is 0.920. The molecule has 22 heavy (non-hydrogen) atoms. The Kier molecular flexibility index (Phi) is 4.93. The number of hydrogen-bond acceptors (Lipinski definition) is 4. The van der Waals surface area contributed by atoms with Crippen molar-refractivity contribution in [2.75, 3.05) is 32.7 Å². The van der Waals surface area contributed by atoms with E-state index in [1.165, 1.54) is 5.56 Å². The third-order valence-corrected chi connectivity index (χ3v) is 4.32. The Morgan fingerprint density at radius 1 is 1.05 bits per heavy atom. The van der Waals surface area contributed by atoms with Gasteiger partial charge >= 0.3 is 0 Å². The molecule has 1 saturated heterocycles. The van der Waals surface area contributed by atoms with Gasteiger partial charge in [0.1, 0.15) is 5.76 Å². The minimum absolute atomic E-state index is 0.405. The van der Waals surface area contributed by atoms with Crippen molar-refractivity contribution in [2.45, 2.75) is 19.6 Å². The van der Waals surface area contributed by atoms with E-state index in [1.807, 2.05) is 24.3 Å². The zero-order valence-corrected chi connectivity index (χ0v) is 13.1. The Hall–Kier alpha value is -1.62. The predicted molar refractivity (Wildman–Crippen MR) is 86.6 cm³/mol. The van der Waals surface area contributed by atoms with Crippen LogP contribution in [-0.4, -0.2) is 47.6 Å². The third kappa shape index (κ3) is 3.97. The van der Waals surface area contributed by atoms with Crippen LogP contribution >= 0.6 is 0 Å². The number of aryl methyl sites for hydroxylation is 1. The molecule has 3 rings (SSSR count). The van der Waals surface area contributed by atoms with Crippen LogP contribution in [0.5, 0.6) is 0 Å². The summed E-state index contributed by atoms with van der Waals surface area (Å²) in [4.78, 5) is 4.73. The van der Waals surface area contributed by atoms with Gasteiger partial charge in [0.25, 0.3) is 0 Å². The summed E-state index contributed by atoms with van der Waals surface area (Å²) in [6.07, 6.45) is 1.32. The minimum atomic E-state index is -0.405. The van der Waals surface area contributed by atoms with Crippen LogP contribution in [0.15, 0.2) is 47.1 Å². The molecule has 2 aromatic rings. The van der Waals surface area contributed by atoms with E-state index in [4.69, 9.17) is 4.42 Å². The van der Waals surface area contributed by atoms with Crippen LogP contribution in [0.25, 0.3) is 0 Å². The second-order valence-corrected chi connectivity index (χ2v) is 6.08. The number of rotatable bonds is 5. The van der Waals surface area contributed by atoms with E-state index in [0.29, 0.717) is 6.54 Å². The lowest BCUT2D eigenvalue weighted by molar-refractivity contribution is 0.0678. The van der Waals surface area contributed by atoms with Gasteiger partial charge < -0.3 is 9.52 Å². The first-order chi connectivity index (χ1) is 10.7. The fraction of sp³-hybridized carbons (Fsp3) is 0.444. The van der Waals surface area contributed by atoms with Crippen LogP contribution in [-0.2, 0) is 6.54 Å². The number of β-amino-alcohol motifs (C(OH)–C–C–N with tert-alkyl or cyclic N) is 1. The first-order valence-corrected chi connectivity index (χ1v) is 7.92. The van der Waals surface area contributed by atoms with Crippen molar-refractivity contribution in [1.29, 1.82) is 0 Å². The van der Waals surface area contributed by atoms with Gasteiger partial charge in [0, 0.05) is 32.7 Å². The number of benzene rings is 1. The molecule has 0 bridgehead atoms. The second-order valence-electron chi connectivity index (χ2n) is 6.08. The topological polar surface area (TPSA) is 39.9 Å². The number of hydrogen-bond donors (Lipinski definition) is 1. The molecule has 0 spiro atoms. The van der Waals surface area contributed by atoms with Crippen molar-refractivity contribution >= 4 is 0 Å². The van der Waals surface area contributed by atoms with E-state index >= 15 is 0 Å². The first-order valence-electron chi connectivity index (χ1n) is 7.92. The van der Waals surface area contributed by atoms with E-state index in [9.17, 15) is 5.11 Å². The summed E-state index contributed by atoms with van der Waals surface area (Å²) in [7, 11) is 0. The number of furan rings is 1. The largest absolute Gasteiger partial charge is 0.468 e. The van der Waals surface area contributed by atoms with E-state index in [1.54, 1.807) is 6.26 Å². The Morgan fingerprint density at radius 2 is 1.73 bits per heavy atom. The molecule has 1 aromatic heterocycles. The van der Waals surface area contributed by atoms with E-state index in [2.05, 4.69) is 28.9 Å². The molecule has 2 heterocycles. The third-order valence-electron chi connectivity index (χ3n) is 4.32. The summed E-state index contributed by atoms with van der Waals surface area (Å²) in [5.41, 5.74) is 2.23. The lowest BCUT2D eigenvalue weighted by atomic mass is 10.1. The molecule has 118 valence electrons. The van der Waals surface area contributed by atoms with Gasteiger partial charge in [-0.25, -0.2) is 0 Å². The average molecular weight is 300 g/mol. The molecule has 1 aliphatic heterocycles. The van der Waals surface area contributed by atoms with Gasteiger partial charge in [-0.2, -0.15) is 0 Å². The Bertz CT molecular complexity index is 557. The number of aliphatic hydroxyl groups is 1. The molecule has 1 unspecified atom stereocenters. The molecule has 1 atom stereocenters. The van der Waals surface area contributed by atoms with Crippen LogP contribution in [0.3, 0.4) is 0 Å². The minimum Gasteiger partial charge on any atom is -0.468 e. The molecule has 1 N–H and O–H groups in total. The standard InChI is InChI=1S/C18H24N2O2/c1-15-4-6-16(7-5-15)18(21)14-20-10-8-19(9-11-20)13-17-3-2-12-22-17/h2-7,12,18,21H,8-11,13-14H2,1H3. The SMILES string of the molecule is Cc1ccc(C(O)CN2CCN(Cc3ccco3)CC2)cc1. The maximum Gasteiger partial charge on any atom is 0.117 e. The van der Waals surface area contributed by atoms with Gasteiger partial charge in [-0.15, -0.1) is 0 Å². The van der Waals surface area contributed by atoms with Crippen molar-refractivity contribution in [3.8, 4) is 0 Å². The first kappa shape index (κ1) is 15.3. The van der Waals surface area contributed by atoms with Crippen LogP contribution in [0.4, 0.5) is 0 Å². The smallest absolute Gasteiger partial charge is 0.117 e.